The van der Waals surface area contributed by atoms with Gasteiger partial charge in [0.2, 0.25) is 0 Å². The first-order valence-electron chi connectivity index (χ1n) is 13.3. The van der Waals surface area contributed by atoms with Gasteiger partial charge in [0.25, 0.3) is 5.91 Å². The number of ether oxygens (including phenoxy) is 1. The van der Waals surface area contributed by atoms with Crippen molar-refractivity contribution in [1.29, 1.82) is 0 Å². The van der Waals surface area contributed by atoms with Gasteiger partial charge in [-0.05, 0) is 50.9 Å². The van der Waals surface area contributed by atoms with Crippen molar-refractivity contribution in [3.63, 3.8) is 0 Å². The monoisotopic (exact) mass is 507 g/mol. The van der Waals surface area contributed by atoms with Crippen LogP contribution in [0.25, 0.3) is 5.65 Å². The number of hydrogen-bond acceptors (Lipinski definition) is 7. The number of nitrogens with zero attached hydrogens (tertiary/aromatic N) is 7. The Morgan fingerprint density at radius 3 is 2.65 bits per heavy atom. The number of carbonyl (C=O) groups is 1. The van der Waals surface area contributed by atoms with E-state index in [0.717, 1.165) is 68.4 Å². The Bertz CT molecular complexity index is 1310. The van der Waals surface area contributed by atoms with Crippen LogP contribution in [0.2, 0.25) is 0 Å². The number of amides is 1. The molecule has 10 heteroatoms. The van der Waals surface area contributed by atoms with E-state index in [2.05, 4.69) is 34.9 Å². The first kappa shape index (κ1) is 24.0. The van der Waals surface area contributed by atoms with Gasteiger partial charge in [0.05, 0.1) is 17.3 Å². The highest BCUT2D eigenvalue weighted by atomic mass is 19.1. The fourth-order valence-corrected chi connectivity index (χ4v) is 5.40. The zero-order chi connectivity index (χ0) is 25.5. The van der Waals surface area contributed by atoms with E-state index in [-0.39, 0.29) is 17.5 Å². The Hall–Kier alpha value is -3.40. The van der Waals surface area contributed by atoms with E-state index in [1.54, 1.807) is 6.07 Å². The van der Waals surface area contributed by atoms with Gasteiger partial charge in [0.15, 0.2) is 5.65 Å². The molecule has 37 heavy (non-hydrogen) atoms. The first-order chi connectivity index (χ1) is 18.0. The summed E-state index contributed by atoms with van der Waals surface area (Å²) in [4.78, 5) is 27.3. The summed E-state index contributed by atoms with van der Waals surface area (Å²) in [5.74, 6) is 1.71. The van der Waals surface area contributed by atoms with E-state index in [1.807, 2.05) is 15.5 Å². The molecule has 0 N–H and O–H groups in total. The van der Waals surface area contributed by atoms with Gasteiger partial charge in [0, 0.05) is 58.4 Å². The molecule has 9 nitrogen and oxygen atoms in total. The third kappa shape index (κ3) is 4.58. The molecule has 0 aliphatic carbocycles. The van der Waals surface area contributed by atoms with Gasteiger partial charge in [-0.25, -0.2) is 9.37 Å². The minimum atomic E-state index is -0.445. The van der Waals surface area contributed by atoms with E-state index in [0.29, 0.717) is 25.4 Å². The minimum absolute atomic E-state index is 0.205. The van der Waals surface area contributed by atoms with Crippen molar-refractivity contribution in [2.24, 2.45) is 0 Å². The molecule has 3 aliphatic rings. The summed E-state index contributed by atoms with van der Waals surface area (Å²) in [7, 11) is 4.14. The second-order valence-electron chi connectivity index (χ2n) is 10.4. The number of hydrogen-bond donors (Lipinski definition) is 0. The Morgan fingerprint density at radius 2 is 1.84 bits per heavy atom. The van der Waals surface area contributed by atoms with E-state index in [9.17, 15) is 9.18 Å². The molecule has 1 amide bonds. The van der Waals surface area contributed by atoms with Crippen molar-refractivity contribution in [3.05, 3.63) is 47.4 Å². The number of rotatable bonds is 1. The zero-order valence-corrected chi connectivity index (χ0v) is 21.6. The van der Waals surface area contributed by atoms with Crippen LogP contribution in [0.5, 0.6) is 5.75 Å². The van der Waals surface area contributed by atoms with Crippen LogP contribution in [0.1, 0.15) is 47.8 Å². The highest BCUT2D eigenvalue weighted by Crippen LogP contribution is 2.35. The number of fused-ring (bicyclic) bond motifs is 4. The molecule has 5 heterocycles. The van der Waals surface area contributed by atoms with Crippen LogP contribution in [0.3, 0.4) is 0 Å². The normalized spacial score (nSPS) is 21.5. The van der Waals surface area contributed by atoms with Gasteiger partial charge < -0.3 is 24.3 Å². The summed E-state index contributed by atoms with van der Waals surface area (Å²) >= 11 is 0. The summed E-state index contributed by atoms with van der Waals surface area (Å²) in [6.45, 7) is 5.34. The lowest BCUT2D eigenvalue weighted by molar-refractivity contribution is 0.0600. The molecule has 0 radical (unpaired) electrons. The van der Waals surface area contributed by atoms with Crippen LogP contribution in [-0.4, -0.2) is 90.3 Å². The van der Waals surface area contributed by atoms with Crippen molar-refractivity contribution >= 4 is 23.2 Å². The molecule has 2 aromatic heterocycles. The SMILES string of the molecule is CN1CCOc2ccc(F)cc2C(=O)N2CCCCC2c2cc3nc(N4CCC4)cc(n3n2)N(C)CC1. The average molecular weight is 508 g/mol. The number of carbonyl (C=O) groups excluding carboxylic acids is 1. The number of anilines is 2. The van der Waals surface area contributed by atoms with E-state index >= 15 is 0 Å². The van der Waals surface area contributed by atoms with Crippen molar-refractivity contribution in [2.45, 2.75) is 31.7 Å². The summed E-state index contributed by atoms with van der Waals surface area (Å²) in [6, 6.07) is 8.15. The number of piperidine rings is 1. The van der Waals surface area contributed by atoms with Crippen LogP contribution in [-0.2, 0) is 0 Å². The fraction of sp³-hybridized carbons (Fsp3) is 0.519. The molecular formula is C27H34FN7O2. The Labute approximate surface area is 216 Å². The molecule has 1 unspecified atom stereocenters. The quantitative estimate of drug-likeness (QED) is 0.501. The van der Waals surface area contributed by atoms with Crippen LogP contribution in [0.15, 0.2) is 30.3 Å². The van der Waals surface area contributed by atoms with Gasteiger partial charge >= 0.3 is 0 Å². The van der Waals surface area contributed by atoms with E-state index in [1.165, 1.54) is 18.6 Å². The number of halogens is 1. The van der Waals surface area contributed by atoms with Crippen molar-refractivity contribution in [2.75, 3.05) is 69.8 Å². The Morgan fingerprint density at radius 1 is 0.973 bits per heavy atom. The maximum atomic E-state index is 14.3. The lowest BCUT2D eigenvalue weighted by Crippen LogP contribution is -2.39. The molecule has 1 atom stereocenters. The van der Waals surface area contributed by atoms with Crippen molar-refractivity contribution < 1.29 is 13.9 Å². The summed E-state index contributed by atoms with van der Waals surface area (Å²) in [5.41, 5.74) is 1.87. The molecule has 2 bridgehead atoms. The molecular weight excluding hydrogens is 473 g/mol. The zero-order valence-electron chi connectivity index (χ0n) is 21.6. The minimum Gasteiger partial charge on any atom is -0.491 e. The summed E-state index contributed by atoms with van der Waals surface area (Å²) < 4.78 is 22.2. The van der Waals surface area contributed by atoms with Gasteiger partial charge in [-0.3, -0.25) is 4.79 Å². The lowest BCUT2D eigenvalue weighted by atomic mass is 9.98. The van der Waals surface area contributed by atoms with Crippen molar-refractivity contribution in [3.8, 4) is 5.75 Å². The Balaban J connectivity index is 1.46. The van der Waals surface area contributed by atoms with Crippen LogP contribution in [0, 0.1) is 5.82 Å². The number of benzene rings is 1. The predicted molar refractivity (Wildman–Crippen MR) is 140 cm³/mol. The molecule has 3 aromatic rings. The third-order valence-corrected chi connectivity index (χ3v) is 7.81. The highest BCUT2D eigenvalue weighted by molar-refractivity contribution is 5.97. The smallest absolute Gasteiger partial charge is 0.258 e. The van der Waals surface area contributed by atoms with Gasteiger partial charge in [-0.2, -0.15) is 9.61 Å². The largest absolute Gasteiger partial charge is 0.491 e. The maximum Gasteiger partial charge on any atom is 0.258 e. The lowest BCUT2D eigenvalue weighted by Gasteiger charge is -2.35. The van der Waals surface area contributed by atoms with Crippen LogP contribution < -0.4 is 14.5 Å². The topological polar surface area (TPSA) is 69.5 Å². The second-order valence-corrected chi connectivity index (χ2v) is 10.4. The van der Waals surface area contributed by atoms with Crippen molar-refractivity contribution in [1.82, 2.24) is 24.4 Å². The first-order valence-corrected chi connectivity index (χ1v) is 13.3. The van der Waals surface area contributed by atoms with Gasteiger partial charge in [-0.15, -0.1) is 0 Å². The second kappa shape index (κ2) is 9.81. The number of aromatic nitrogens is 3. The highest BCUT2D eigenvalue weighted by Gasteiger charge is 2.33. The van der Waals surface area contributed by atoms with E-state index < -0.39 is 5.82 Å². The summed E-state index contributed by atoms with van der Waals surface area (Å²) in [5, 5.41) is 5.01. The molecule has 2 fully saturated rings. The predicted octanol–water partition coefficient (Wildman–Crippen LogP) is 3.21. The molecule has 196 valence electrons. The standard InChI is InChI=1S/C27H34FN7O2/c1-31-12-13-32(2)26-18-24(33-9-5-10-33)29-25-17-21(30-35(25)26)22-6-3-4-11-34(22)27(36)20-16-19(28)7-8-23(20)37-15-14-31/h7-8,16-18,22H,3-6,9-15H2,1-2H3. The maximum absolute atomic E-state index is 14.3. The molecule has 1 aromatic carbocycles. The molecule has 6 rings (SSSR count). The number of likely N-dealkylation sites (N-methyl/N-ethyl adjacent to an activating group) is 2. The molecule has 0 spiro atoms. The fourth-order valence-electron chi connectivity index (χ4n) is 5.40. The van der Waals surface area contributed by atoms with Gasteiger partial charge in [0.1, 0.15) is 29.8 Å². The average Bonchev–Trinajstić information content (AvgIpc) is 3.30. The summed E-state index contributed by atoms with van der Waals surface area (Å²) in [6.07, 6.45) is 3.88. The molecule has 2 saturated heterocycles. The molecule has 3 aliphatic heterocycles. The van der Waals surface area contributed by atoms with Crippen LogP contribution >= 0.6 is 0 Å². The van der Waals surface area contributed by atoms with Crippen LogP contribution in [0.4, 0.5) is 16.0 Å². The Kier molecular flexibility index (Phi) is 6.36. The molecule has 0 saturated carbocycles. The van der Waals surface area contributed by atoms with Gasteiger partial charge in [-0.1, -0.05) is 0 Å². The van der Waals surface area contributed by atoms with E-state index in [4.69, 9.17) is 14.8 Å². The third-order valence-electron chi connectivity index (χ3n) is 7.81.